The number of hydrogen-bond donors (Lipinski definition) is 1. The standard InChI is InChI=1S/C19H16N2O3S/c1-11-14(18(22)23-10-12-6-3-2-4-7-12)15-13-8-5-9-21(13)17(20)16(15)19(25)24-11/h2-9,15H,10,20H2,1H3. The molecule has 5 nitrogen and oxygen atoms in total. The second-order valence-corrected chi connectivity index (χ2v) is 6.33. The van der Waals surface area contributed by atoms with Gasteiger partial charge in [0.05, 0.1) is 17.1 Å². The summed E-state index contributed by atoms with van der Waals surface area (Å²) in [5.74, 6) is 0.184. The highest BCUT2D eigenvalue weighted by Gasteiger charge is 2.43. The Hall–Kier alpha value is -2.86. The summed E-state index contributed by atoms with van der Waals surface area (Å²) in [4.78, 5) is 12.8. The lowest BCUT2D eigenvalue weighted by Crippen LogP contribution is -2.26. The quantitative estimate of drug-likeness (QED) is 0.679. The average molecular weight is 352 g/mol. The lowest BCUT2D eigenvalue weighted by molar-refractivity contribution is -0.140. The van der Waals surface area contributed by atoms with E-state index >= 15 is 0 Å². The minimum atomic E-state index is -0.422. The van der Waals surface area contributed by atoms with E-state index in [0.29, 0.717) is 27.8 Å². The Labute approximate surface area is 150 Å². The predicted molar refractivity (Wildman–Crippen MR) is 97.2 cm³/mol. The van der Waals surface area contributed by atoms with Crippen LogP contribution in [0.3, 0.4) is 0 Å². The lowest BCUT2D eigenvalue weighted by atomic mass is 9.87. The molecule has 0 saturated carbocycles. The molecule has 0 saturated heterocycles. The van der Waals surface area contributed by atoms with Gasteiger partial charge in [0, 0.05) is 11.9 Å². The van der Waals surface area contributed by atoms with Crippen LogP contribution in [0.1, 0.15) is 24.1 Å². The molecule has 2 aromatic rings. The fourth-order valence-electron chi connectivity index (χ4n) is 3.30. The van der Waals surface area contributed by atoms with Crippen molar-refractivity contribution in [2.24, 2.45) is 5.73 Å². The van der Waals surface area contributed by atoms with Gasteiger partial charge in [-0.05, 0) is 36.8 Å². The molecule has 0 amide bonds. The van der Waals surface area contributed by atoms with Gasteiger partial charge in [0.15, 0.2) is 5.05 Å². The van der Waals surface area contributed by atoms with Crippen molar-refractivity contribution in [2.45, 2.75) is 19.4 Å². The molecule has 1 unspecified atom stereocenters. The Morgan fingerprint density at radius 1 is 1.28 bits per heavy atom. The number of esters is 1. The van der Waals surface area contributed by atoms with Gasteiger partial charge in [0.1, 0.15) is 18.2 Å². The van der Waals surface area contributed by atoms with Crippen molar-refractivity contribution in [3.63, 3.8) is 0 Å². The number of thiocarbonyl (C=S) groups is 1. The summed E-state index contributed by atoms with van der Waals surface area (Å²) in [5, 5.41) is 0.309. The maximum atomic E-state index is 12.8. The zero-order valence-corrected chi connectivity index (χ0v) is 14.4. The van der Waals surface area contributed by atoms with Crippen LogP contribution in [0.15, 0.2) is 65.6 Å². The molecular formula is C19H16N2O3S. The summed E-state index contributed by atoms with van der Waals surface area (Å²) >= 11 is 5.33. The van der Waals surface area contributed by atoms with Gasteiger partial charge in [0.25, 0.3) is 0 Å². The van der Waals surface area contributed by atoms with E-state index in [2.05, 4.69) is 0 Å². The van der Waals surface area contributed by atoms with Gasteiger partial charge in [0.2, 0.25) is 0 Å². The topological polar surface area (TPSA) is 66.5 Å². The zero-order valence-electron chi connectivity index (χ0n) is 13.6. The van der Waals surface area contributed by atoms with Crippen molar-refractivity contribution in [3.05, 3.63) is 76.8 Å². The molecule has 6 heteroatoms. The van der Waals surface area contributed by atoms with Gasteiger partial charge in [-0.1, -0.05) is 30.3 Å². The summed E-state index contributed by atoms with van der Waals surface area (Å²) in [6.45, 7) is 1.92. The van der Waals surface area contributed by atoms with Crippen molar-refractivity contribution < 1.29 is 14.3 Å². The number of fused-ring (bicyclic) bond motifs is 3. The summed E-state index contributed by atoms with van der Waals surface area (Å²) < 4.78 is 13.0. The first-order valence-corrected chi connectivity index (χ1v) is 8.30. The van der Waals surface area contributed by atoms with E-state index in [-0.39, 0.29) is 12.5 Å². The summed E-state index contributed by atoms with van der Waals surface area (Å²) in [7, 11) is 0. The Bertz CT molecular complexity index is 941. The highest BCUT2D eigenvalue weighted by atomic mass is 32.1. The predicted octanol–water partition coefficient (Wildman–Crippen LogP) is 3.09. The van der Waals surface area contributed by atoms with Crippen LogP contribution in [-0.2, 0) is 20.9 Å². The molecule has 2 aliphatic rings. The Balaban J connectivity index is 1.68. The minimum Gasteiger partial charge on any atom is -0.457 e. The van der Waals surface area contributed by atoms with Gasteiger partial charge < -0.3 is 19.8 Å². The van der Waals surface area contributed by atoms with Gasteiger partial charge in [-0.25, -0.2) is 4.79 Å². The number of benzene rings is 1. The number of carbonyl (C=O) groups is 1. The molecule has 1 aromatic heterocycles. The molecule has 2 N–H and O–H groups in total. The monoisotopic (exact) mass is 352 g/mol. The fourth-order valence-corrected chi connectivity index (χ4v) is 3.65. The molecule has 0 bridgehead atoms. The highest BCUT2D eigenvalue weighted by Crippen LogP contribution is 2.45. The lowest BCUT2D eigenvalue weighted by Gasteiger charge is -2.25. The molecule has 126 valence electrons. The number of hydrogen-bond acceptors (Lipinski definition) is 5. The van der Waals surface area contributed by atoms with Crippen molar-refractivity contribution >= 4 is 29.1 Å². The maximum absolute atomic E-state index is 12.8. The average Bonchev–Trinajstić information content (AvgIpc) is 3.17. The first kappa shape index (κ1) is 15.7. The van der Waals surface area contributed by atoms with Crippen LogP contribution in [0, 0.1) is 0 Å². The number of carbonyl (C=O) groups excluding carboxylic acids is 1. The van der Waals surface area contributed by atoms with Crippen LogP contribution in [0.4, 0.5) is 0 Å². The van der Waals surface area contributed by atoms with Gasteiger partial charge >= 0.3 is 5.97 Å². The number of nitrogens with two attached hydrogens (primary N) is 1. The van der Waals surface area contributed by atoms with Crippen LogP contribution in [0.5, 0.6) is 0 Å². The molecule has 25 heavy (non-hydrogen) atoms. The number of ether oxygens (including phenoxy) is 2. The molecule has 0 radical (unpaired) electrons. The molecule has 0 aliphatic carbocycles. The number of nitrogens with zero attached hydrogens (tertiary/aromatic N) is 1. The molecule has 1 atom stereocenters. The van der Waals surface area contributed by atoms with E-state index < -0.39 is 5.97 Å². The molecule has 0 fully saturated rings. The Morgan fingerprint density at radius 2 is 2.04 bits per heavy atom. The molecule has 2 aliphatic heterocycles. The molecule has 3 heterocycles. The van der Waals surface area contributed by atoms with Crippen LogP contribution >= 0.6 is 12.2 Å². The summed E-state index contributed by atoms with van der Waals surface area (Å²) in [6, 6.07) is 13.4. The van der Waals surface area contributed by atoms with Crippen LogP contribution in [-0.4, -0.2) is 15.6 Å². The van der Waals surface area contributed by atoms with Gasteiger partial charge in [-0.3, -0.25) is 0 Å². The van der Waals surface area contributed by atoms with E-state index in [0.717, 1.165) is 11.3 Å². The second-order valence-electron chi connectivity index (χ2n) is 5.96. The van der Waals surface area contributed by atoms with E-state index in [4.69, 9.17) is 27.4 Å². The zero-order chi connectivity index (χ0) is 17.6. The van der Waals surface area contributed by atoms with Crippen molar-refractivity contribution in [1.29, 1.82) is 0 Å². The Kier molecular flexibility index (Phi) is 3.69. The third kappa shape index (κ3) is 2.46. The molecule has 4 rings (SSSR count). The minimum absolute atomic E-state index is 0.198. The fraction of sp³-hybridized carbons (Fsp3) is 0.158. The number of rotatable bonds is 3. The van der Waals surface area contributed by atoms with Gasteiger partial charge in [-0.2, -0.15) is 0 Å². The molecule has 0 spiro atoms. The van der Waals surface area contributed by atoms with E-state index in [1.165, 1.54) is 0 Å². The van der Waals surface area contributed by atoms with Crippen LogP contribution < -0.4 is 5.73 Å². The first-order valence-electron chi connectivity index (χ1n) is 7.89. The summed E-state index contributed by atoms with van der Waals surface area (Å²) in [6.07, 6.45) is 1.85. The second kappa shape index (κ2) is 5.89. The maximum Gasteiger partial charge on any atom is 0.338 e. The van der Waals surface area contributed by atoms with E-state index in [1.54, 1.807) is 6.92 Å². The number of aromatic nitrogens is 1. The first-order chi connectivity index (χ1) is 12.1. The van der Waals surface area contributed by atoms with E-state index in [1.807, 2.05) is 53.2 Å². The van der Waals surface area contributed by atoms with Crippen LogP contribution in [0.2, 0.25) is 0 Å². The third-order valence-electron chi connectivity index (χ3n) is 4.47. The molecular weight excluding hydrogens is 336 g/mol. The largest absolute Gasteiger partial charge is 0.457 e. The van der Waals surface area contributed by atoms with Gasteiger partial charge in [-0.15, -0.1) is 0 Å². The van der Waals surface area contributed by atoms with Crippen molar-refractivity contribution in [2.75, 3.05) is 0 Å². The molecule has 1 aromatic carbocycles. The van der Waals surface area contributed by atoms with Crippen molar-refractivity contribution in [1.82, 2.24) is 4.57 Å². The normalized spacial score (nSPS) is 18.8. The number of allylic oxidation sites excluding steroid dienone is 1. The highest BCUT2D eigenvalue weighted by molar-refractivity contribution is 7.80. The van der Waals surface area contributed by atoms with E-state index in [9.17, 15) is 4.79 Å². The van der Waals surface area contributed by atoms with Crippen LogP contribution in [0.25, 0.3) is 5.82 Å². The Morgan fingerprint density at radius 3 is 2.80 bits per heavy atom. The smallest absolute Gasteiger partial charge is 0.338 e. The third-order valence-corrected chi connectivity index (χ3v) is 4.77. The summed E-state index contributed by atoms with van der Waals surface area (Å²) in [5.41, 5.74) is 9.12. The SMILES string of the molecule is CC1=C(C(=O)OCc2ccccc2)C2C(=C(N)n3cccc32)C(=S)O1. The van der Waals surface area contributed by atoms with Crippen molar-refractivity contribution in [3.8, 4) is 0 Å².